The number of halogens is 1. The highest BCUT2D eigenvalue weighted by Gasteiger charge is 2.28. The fraction of sp³-hybridized carbons (Fsp3) is 0.417. The van der Waals surface area contributed by atoms with Crippen LogP contribution in [0.1, 0.15) is 13.8 Å². The van der Waals surface area contributed by atoms with Crippen LogP contribution in [0, 0.1) is 0 Å². The molecule has 0 fully saturated rings. The molecular weight excluding hydrogens is 268 g/mol. The number of amides is 1. The maximum atomic E-state index is 12.1. The summed E-state index contributed by atoms with van der Waals surface area (Å²) in [6.07, 6.45) is 0. The summed E-state index contributed by atoms with van der Waals surface area (Å²) in [6.45, 7) is 3.73. The predicted octanol–water partition coefficient (Wildman–Crippen LogP) is 2.41. The van der Waals surface area contributed by atoms with Crippen molar-refractivity contribution in [3.05, 3.63) is 28.7 Å². The van der Waals surface area contributed by atoms with Gasteiger partial charge in [-0.3, -0.25) is 4.79 Å². The van der Waals surface area contributed by atoms with Crippen molar-refractivity contribution in [2.24, 2.45) is 0 Å². The number of carbonyl (C=O) groups excluding carboxylic acids is 1. The first-order valence-electron chi connectivity index (χ1n) is 5.11. The number of nitrogens with zero attached hydrogens (tertiary/aromatic N) is 1. The molecule has 1 N–H and O–H groups in total. The zero-order valence-corrected chi connectivity index (χ0v) is 11.6. The third-order valence-electron chi connectivity index (χ3n) is 2.68. The lowest BCUT2D eigenvalue weighted by atomic mass is 10.0. The molecule has 0 aromatic heterocycles. The van der Waals surface area contributed by atoms with Gasteiger partial charge in [-0.25, -0.2) is 0 Å². The lowest BCUT2D eigenvalue weighted by molar-refractivity contribution is -0.123. The molecule has 0 unspecified atom stereocenters. The Balaban J connectivity index is 2.90. The standard InChI is InChI=1S/C12H17BrN2O/c1-12(2,14-3)11(16)15(4)10-7-5-9(13)6-8-10/h5-8,14H,1-4H3. The van der Waals surface area contributed by atoms with Gasteiger partial charge in [0.25, 0.3) is 0 Å². The van der Waals surface area contributed by atoms with Crippen LogP contribution in [0.25, 0.3) is 0 Å². The summed E-state index contributed by atoms with van der Waals surface area (Å²) in [5, 5.41) is 3.00. The number of rotatable bonds is 3. The number of hydrogen-bond donors (Lipinski definition) is 1. The summed E-state index contributed by atoms with van der Waals surface area (Å²) in [4.78, 5) is 13.8. The maximum absolute atomic E-state index is 12.1. The molecule has 0 radical (unpaired) electrons. The molecule has 16 heavy (non-hydrogen) atoms. The van der Waals surface area contributed by atoms with Gasteiger partial charge in [-0.2, -0.15) is 0 Å². The Morgan fingerprint density at radius 3 is 2.25 bits per heavy atom. The highest BCUT2D eigenvalue weighted by Crippen LogP contribution is 2.19. The van der Waals surface area contributed by atoms with Crippen LogP contribution in [0.2, 0.25) is 0 Å². The molecule has 0 saturated heterocycles. The molecule has 0 aliphatic heterocycles. The first-order chi connectivity index (χ1) is 7.38. The maximum Gasteiger partial charge on any atom is 0.246 e. The molecule has 0 spiro atoms. The molecule has 1 aromatic rings. The lowest BCUT2D eigenvalue weighted by Gasteiger charge is -2.29. The highest BCUT2D eigenvalue weighted by atomic mass is 79.9. The molecule has 1 amide bonds. The van der Waals surface area contributed by atoms with E-state index in [-0.39, 0.29) is 5.91 Å². The zero-order chi connectivity index (χ0) is 12.3. The minimum absolute atomic E-state index is 0.0392. The Labute approximate surface area is 105 Å². The third kappa shape index (κ3) is 2.83. The lowest BCUT2D eigenvalue weighted by Crippen LogP contribution is -2.51. The monoisotopic (exact) mass is 284 g/mol. The van der Waals surface area contributed by atoms with E-state index in [1.807, 2.05) is 38.1 Å². The topological polar surface area (TPSA) is 32.3 Å². The van der Waals surface area contributed by atoms with E-state index in [9.17, 15) is 4.79 Å². The van der Waals surface area contributed by atoms with Crippen molar-refractivity contribution in [1.82, 2.24) is 5.32 Å². The normalized spacial score (nSPS) is 11.3. The van der Waals surface area contributed by atoms with Crippen LogP contribution < -0.4 is 10.2 Å². The summed E-state index contributed by atoms with van der Waals surface area (Å²) >= 11 is 3.37. The average molecular weight is 285 g/mol. The number of likely N-dealkylation sites (N-methyl/N-ethyl adjacent to an activating group) is 2. The van der Waals surface area contributed by atoms with Crippen molar-refractivity contribution < 1.29 is 4.79 Å². The summed E-state index contributed by atoms with van der Waals surface area (Å²) in [5.74, 6) is 0.0392. The van der Waals surface area contributed by atoms with Crippen LogP contribution in [0.5, 0.6) is 0 Å². The van der Waals surface area contributed by atoms with E-state index in [2.05, 4.69) is 21.2 Å². The largest absolute Gasteiger partial charge is 0.314 e. The summed E-state index contributed by atoms with van der Waals surface area (Å²) in [7, 11) is 3.57. The SMILES string of the molecule is CNC(C)(C)C(=O)N(C)c1ccc(Br)cc1. The molecule has 0 aliphatic rings. The number of nitrogens with one attached hydrogen (secondary N) is 1. The molecule has 88 valence electrons. The van der Waals surface area contributed by atoms with E-state index in [1.54, 1.807) is 19.0 Å². The molecule has 4 heteroatoms. The molecular formula is C12H17BrN2O. The average Bonchev–Trinajstić information content (AvgIpc) is 2.28. The Morgan fingerprint density at radius 2 is 1.81 bits per heavy atom. The zero-order valence-electron chi connectivity index (χ0n) is 10.0. The molecule has 0 saturated carbocycles. The van der Waals surface area contributed by atoms with Crippen LogP contribution in [-0.2, 0) is 4.79 Å². The highest BCUT2D eigenvalue weighted by molar-refractivity contribution is 9.10. The van der Waals surface area contributed by atoms with Crippen LogP contribution in [0.3, 0.4) is 0 Å². The molecule has 0 aliphatic carbocycles. The van der Waals surface area contributed by atoms with E-state index in [0.29, 0.717) is 0 Å². The van der Waals surface area contributed by atoms with Crippen LogP contribution >= 0.6 is 15.9 Å². The van der Waals surface area contributed by atoms with Crippen molar-refractivity contribution >= 4 is 27.5 Å². The van der Waals surface area contributed by atoms with Crippen molar-refractivity contribution in [2.45, 2.75) is 19.4 Å². The minimum atomic E-state index is -0.554. The van der Waals surface area contributed by atoms with Gasteiger partial charge in [0.05, 0.1) is 5.54 Å². The summed E-state index contributed by atoms with van der Waals surface area (Å²) in [6, 6.07) is 7.67. The van der Waals surface area contributed by atoms with E-state index in [0.717, 1.165) is 10.2 Å². The third-order valence-corrected chi connectivity index (χ3v) is 3.21. The van der Waals surface area contributed by atoms with Gasteiger partial charge in [-0.05, 0) is 45.2 Å². The van der Waals surface area contributed by atoms with Crippen LogP contribution in [0.15, 0.2) is 28.7 Å². The molecule has 0 bridgehead atoms. The van der Waals surface area contributed by atoms with Gasteiger partial charge in [0.1, 0.15) is 0 Å². The number of carbonyl (C=O) groups is 1. The Morgan fingerprint density at radius 1 is 1.31 bits per heavy atom. The summed E-state index contributed by atoms with van der Waals surface area (Å²) in [5.41, 5.74) is 0.332. The van der Waals surface area contributed by atoms with Crippen molar-refractivity contribution in [1.29, 1.82) is 0 Å². The van der Waals surface area contributed by atoms with Gasteiger partial charge < -0.3 is 10.2 Å². The Bertz CT molecular complexity index is 373. The molecule has 1 rings (SSSR count). The van der Waals surface area contributed by atoms with Crippen LogP contribution in [0.4, 0.5) is 5.69 Å². The fourth-order valence-corrected chi connectivity index (χ4v) is 1.57. The first-order valence-corrected chi connectivity index (χ1v) is 5.90. The Kier molecular flexibility index (Phi) is 4.10. The molecule has 3 nitrogen and oxygen atoms in total. The van der Waals surface area contributed by atoms with Gasteiger partial charge in [-0.15, -0.1) is 0 Å². The van der Waals surface area contributed by atoms with Gasteiger partial charge in [-0.1, -0.05) is 15.9 Å². The van der Waals surface area contributed by atoms with E-state index < -0.39 is 5.54 Å². The van der Waals surface area contributed by atoms with Crippen molar-refractivity contribution in [3.8, 4) is 0 Å². The molecule has 1 aromatic carbocycles. The number of hydrogen-bond acceptors (Lipinski definition) is 2. The smallest absolute Gasteiger partial charge is 0.246 e. The van der Waals surface area contributed by atoms with Gasteiger partial charge >= 0.3 is 0 Å². The van der Waals surface area contributed by atoms with Crippen molar-refractivity contribution in [3.63, 3.8) is 0 Å². The second-order valence-electron chi connectivity index (χ2n) is 4.22. The van der Waals surface area contributed by atoms with Crippen molar-refractivity contribution in [2.75, 3.05) is 19.0 Å². The van der Waals surface area contributed by atoms with E-state index >= 15 is 0 Å². The van der Waals surface area contributed by atoms with E-state index in [1.165, 1.54) is 0 Å². The predicted molar refractivity (Wildman–Crippen MR) is 70.7 cm³/mol. The first kappa shape index (κ1) is 13.2. The van der Waals surface area contributed by atoms with Crippen LogP contribution in [-0.4, -0.2) is 25.5 Å². The molecule has 0 heterocycles. The fourth-order valence-electron chi connectivity index (χ4n) is 1.31. The quantitative estimate of drug-likeness (QED) is 0.925. The summed E-state index contributed by atoms with van der Waals surface area (Å²) < 4.78 is 1.00. The minimum Gasteiger partial charge on any atom is -0.314 e. The second-order valence-corrected chi connectivity index (χ2v) is 5.13. The van der Waals surface area contributed by atoms with E-state index in [4.69, 9.17) is 0 Å². The Hall–Kier alpha value is -0.870. The van der Waals surface area contributed by atoms with Gasteiger partial charge in [0.2, 0.25) is 5.91 Å². The number of benzene rings is 1. The van der Waals surface area contributed by atoms with Gasteiger partial charge in [0.15, 0.2) is 0 Å². The van der Waals surface area contributed by atoms with Gasteiger partial charge in [0, 0.05) is 17.2 Å². The number of anilines is 1. The second kappa shape index (κ2) is 4.97. The molecule has 0 atom stereocenters.